The quantitative estimate of drug-likeness (QED) is 0.736. The predicted molar refractivity (Wildman–Crippen MR) is 46.5 cm³/mol. The third-order valence-corrected chi connectivity index (χ3v) is 2.63. The maximum absolute atomic E-state index is 10.5. The number of imidazole rings is 1. The van der Waals surface area contributed by atoms with Gasteiger partial charge < -0.3 is 9.67 Å². The molecule has 0 radical (unpaired) electrons. The minimum absolute atomic E-state index is 0.133. The maximum atomic E-state index is 10.5. The fourth-order valence-electron chi connectivity index (χ4n) is 1.98. The normalized spacial score (nSPS) is 20.2. The standard InChI is InChI=1S/C9H12N2O2/c1-11-5-10-9-6(4-8(12)13)2-3-7(9)11/h5-6H,2-4H2,1H3,(H,12,13). The minimum atomic E-state index is -0.733. The van der Waals surface area contributed by atoms with E-state index in [1.807, 2.05) is 11.6 Å². The van der Waals surface area contributed by atoms with Gasteiger partial charge in [-0.3, -0.25) is 4.79 Å². The molecule has 0 saturated carbocycles. The molecule has 1 heterocycles. The van der Waals surface area contributed by atoms with Crippen LogP contribution in [0.25, 0.3) is 0 Å². The first-order chi connectivity index (χ1) is 6.18. The number of carbonyl (C=O) groups is 1. The Morgan fingerprint density at radius 1 is 1.85 bits per heavy atom. The summed E-state index contributed by atoms with van der Waals surface area (Å²) in [4.78, 5) is 14.8. The topological polar surface area (TPSA) is 55.1 Å². The van der Waals surface area contributed by atoms with Gasteiger partial charge in [0.2, 0.25) is 0 Å². The van der Waals surface area contributed by atoms with Gasteiger partial charge in [0.05, 0.1) is 18.4 Å². The predicted octanol–water partition coefficient (Wildman–Crippen LogP) is 0.925. The second kappa shape index (κ2) is 2.87. The zero-order chi connectivity index (χ0) is 9.42. The fourth-order valence-corrected chi connectivity index (χ4v) is 1.98. The summed E-state index contributed by atoms with van der Waals surface area (Å²) in [6, 6.07) is 0. The van der Waals surface area contributed by atoms with Crippen molar-refractivity contribution < 1.29 is 9.90 Å². The number of carboxylic acid groups (broad SMARTS) is 1. The molecule has 0 aromatic carbocycles. The number of hydrogen-bond donors (Lipinski definition) is 1. The van der Waals surface area contributed by atoms with Crippen LogP contribution in [0.15, 0.2) is 6.33 Å². The van der Waals surface area contributed by atoms with Crippen molar-refractivity contribution in [1.82, 2.24) is 9.55 Å². The molecule has 0 bridgehead atoms. The molecule has 1 unspecified atom stereocenters. The van der Waals surface area contributed by atoms with Gasteiger partial charge in [-0.25, -0.2) is 4.98 Å². The Kier molecular flexibility index (Phi) is 1.83. The third kappa shape index (κ3) is 1.32. The summed E-state index contributed by atoms with van der Waals surface area (Å²) in [5.41, 5.74) is 2.19. The van der Waals surface area contributed by atoms with Crippen LogP contribution < -0.4 is 0 Å². The van der Waals surface area contributed by atoms with Crippen LogP contribution in [0.1, 0.15) is 30.1 Å². The van der Waals surface area contributed by atoms with Crippen LogP contribution in [-0.4, -0.2) is 20.6 Å². The molecule has 2 rings (SSSR count). The molecule has 1 atom stereocenters. The Labute approximate surface area is 76.2 Å². The van der Waals surface area contributed by atoms with Crippen molar-refractivity contribution >= 4 is 5.97 Å². The molecule has 4 nitrogen and oxygen atoms in total. The first-order valence-electron chi connectivity index (χ1n) is 4.40. The molecule has 4 heteroatoms. The van der Waals surface area contributed by atoms with E-state index >= 15 is 0 Å². The molecule has 1 aromatic rings. The van der Waals surface area contributed by atoms with Crippen molar-refractivity contribution in [2.75, 3.05) is 0 Å². The Hall–Kier alpha value is -1.32. The van der Waals surface area contributed by atoms with Crippen LogP contribution in [-0.2, 0) is 18.3 Å². The molecule has 0 saturated heterocycles. The average Bonchev–Trinajstić information content (AvgIpc) is 2.56. The van der Waals surface area contributed by atoms with Crippen LogP contribution in [0.2, 0.25) is 0 Å². The average molecular weight is 180 g/mol. The lowest BCUT2D eigenvalue weighted by atomic mass is 10.0. The highest BCUT2D eigenvalue weighted by Crippen LogP contribution is 2.33. The van der Waals surface area contributed by atoms with Crippen LogP contribution in [0, 0.1) is 0 Å². The summed E-state index contributed by atoms with van der Waals surface area (Å²) in [7, 11) is 1.95. The Morgan fingerprint density at radius 3 is 3.31 bits per heavy atom. The van der Waals surface area contributed by atoms with Crippen molar-refractivity contribution in [2.24, 2.45) is 7.05 Å². The second-order valence-corrected chi connectivity index (χ2v) is 3.52. The molecule has 70 valence electrons. The number of fused-ring (bicyclic) bond motifs is 1. The largest absolute Gasteiger partial charge is 0.481 e. The van der Waals surface area contributed by atoms with Crippen molar-refractivity contribution in [2.45, 2.75) is 25.2 Å². The number of aromatic nitrogens is 2. The molecular weight excluding hydrogens is 168 g/mol. The molecule has 1 N–H and O–H groups in total. The van der Waals surface area contributed by atoms with Gasteiger partial charge in [-0.2, -0.15) is 0 Å². The van der Waals surface area contributed by atoms with Gasteiger partial charge >= 0.3 is 5.97 Å². The van der Waals surface area contributed by atoms with E-state index in [9.17, 15) is 4.79 Å². The lowest BCUT2D eigenvalue weighted by molar-refractivity contribution is -0.137. The van der Waals surface area contributed by atoms with Gasteiger partial charge in [0.1, 0.15) is 0 Å². The summed E-state index contributed by atoms with van der Waals surface area (Å²) in [6.07, 6.45) is 3.87. The Balaban J connectivity index is 2.23. The van der Waals surface area contributed by atoms with Crippen molar-refractivity contribution in [3.05, 3.63) is 17.7 Å². The van der Waals surface area contributed by atoms with Gasteiger partial charge in [-0.1, -0.05) is 0 Å². The molecule has 13 heavy (non-hydrogen) atoms. The maximum Gasteiger partial charge on any atom is 0.304 e. The molecule has 0 amide bonds. The first kappa shape index (κ1) is 8.29. The van der Waals surface area contributed by atoms with Gasteiger partial charge in [0.15, 0.2) is 0 Å². The van der Waals surface area contributed by atoms with Crippen LogP contribution in [0.5, 0.6) is 0 Å². The SMILES string of the molecule is Cn1cnc2c1CCC2CC(=O)O. The highest BCUT2D eigenvalue weighted by molar-refractivity contribution is 5.68. The van der Waals surface area contributed by atoms with E-state index in [2.05, 4.69) is 4.98 Å². The fraction of sp³-hybridized carbons (Fsp3) is 0.556. The van der Waals surface area contributed by atoms with Crippen LogP contribution in [0.4, 0.5) is 0 Å². The lowest BCUT2D eigenvalue weighted by Gasteiger charge is -2.03. The summed E-state index contributed by atoms with van der Waals surface area (Å²) < 4.78 is 1.98. The lowest BCUT2D eigenvalue weighted by Crippen LogP contribution is -2.03. The summed E-state index contributed by atoms with van der Waals surface area (Å²) >= 11 is 0. The minimum Gasteiger partial charge on any atom is -0.481 e. The van der Waals surface area contributed by atoms with E-state index in [0.717, 1.165) is 18.5 Å². The number of aryl methyl sites for hydroxylation is 1. The molecule has 1 aromatic heterocycles. The van der Waals surface area contributed by atoms with Gasteiger partial charge in [-0.15, -0.1) is 0 Å². The molecular formula is C9H12N2O2. The van der Waals surface area contributed by atoms with Crippen molar-refractivity contribution in [3.63, 3.8) is 0 Å². The van der Waals surface area contributed by atoms with E-state index in [1.165, 1.54) is 5.69 Å². The Bertz CT molecular complexity index is 343. The number of carboxylic acids is 1. The zero-order valence-corrected chi connectivity index (χ0v) is 7.53. The number of aliphatic carboxylic acids is 1. The van der Waals surface area contributed by atoms with E-state index in [1.54, 1.807) is 6.33 Å². The van der Waals surface area contributed by atoms with E-state index in [0.29, 0.717) is 0 Å². The van der Waals surface area contributed by atoms with Crippen molar-refractivity contribution in [3.8, 4) is 0 Å². The molecule has 0 spiro atoms. The molecule has 0 fully saturated rings. The molecule has 1 aliphatic carbocycles. The smallest absolute Gasteiger partial charge is 0.304 e. The van der Waals surface area contributed by atoms with E-state index in [-0.39, 0.29) is 12.3 Å². The van der Waals surface area contributed by atoms with E-state index in [4.69, 9.17) is 5.11 Å². The summed E-state index contributed by atoms with van der Waals surface area (Å²) in [6.45, 7) is 0. The first-order valence-corrected chi connectivity index (χ1v) is 4.40. The highest BCUT2D eigenvalue weighted by Gasteiger charge is 2.27. The number of rotatable bonds is 2. The third-order valence-electron chi connectivity index (χ3n) is 2.63. The van der Waals surface area contributed by atoms with Gasteiger partial charge in [-0.05, 0) is 12.8 Å². The number of nitrogens with zero attached hydrogens (tertiary/aromatic N) is 2. The Morgan fingerprint density at radius 2 is 2.62 bits per heavy atom. The van der Waals surface area contributed by atoms with E-state index < -0.39 is 5.97 Å². The second-order valence-electron chi connectivity index (χ2n) is 3.52. The zero-order valence-electron chi connectivity index (χ0n) is 7.53. The number of hydrogen-bond acceptors (Lipinski definition) is 2. The van der Waals surface area contributed by atoms with Gasteiger partial charge in [0, 0.05) is 18.7 Å². The van der Waals surface area contributed by atoms with Crippen LogP contribution in [0.3, 0.4) is 0 Å². The monoisotopic (exact) mass is 180 g/mol. The van der Waals surface area contributed by atoms with Crippen LogP contribution >= 0.6 is 0 Å². The molecule has 1 aliphatic rings. The summed E-state index contributed by atoms with van der Waals surface area (Å²) in [5.74, 6) is -0.600. The highest BCUT2D eigenvalue weighted by atomic mass is 16.4. The van der Waals surface area contributed by atoms with Gasteiger partial charge in [0.25, 0.3) is 0 Å². The van der Waals surface area contributed by atoms with Crippen molar-refractivity contribution in [1.29, 1.82) is 0 Å². The molecule has 0 aliphatic heterocycles. The summed E-state index contributed by atoms with van der Waals surface area (Å²) in [5, 5.41) is 8.67.